The Morgan fingerprint density at radius 1 is 1.54 bits per heavy atom. The van der Waals surface area contributed by atoms with E-state index in [2.05, 4.69) is 6.92 Å². The zero-order valence-corrected chi connectivity index (χ0v) is 7.79. The molecule has 1 aromatic heterocycles. The van der Waals surface area contributed by atoms with Crippen LogP contribution < -0.4 is 4.74 Å². The van der Waals surface area contributed by atoms with Gasteiger partial charge in [0.05, 0.1) is 6.26 Å². The minimum absolute atomic E-state index is 0.185. The second-order valence-electron chi connectivity index (χ2n) is 2.89. The molecule has 0 radical (unpaired) electrons. The van der Waals surface area contributed by atoms with Crippen LogP contribution in [0.5, 0.6) is 5.75 Å². The Morgan fingerprint density at radius 2 is 2.38 bits per heavy atom. The Balaban J connectivity index is 2.18. The SMILES string of the molecule is CCCCCC(=O)Oc1ccoc1. The maximum atomic E-state index is 11.1. The van der Waals surface area contributed by atoms with Crippen LogP contribution in [-0.2, 0) is 4.79 Å². The second-order valence-corrected chi connectivity index (χ2v) is 2.89. The molecule has 3 heteroatoms. The molecule has 0 bridgehead atoms. The van der Waals surface area contributed by atoms with Gasteiger partial charge < -0.3 is 9.15 Å². The molecule has 0 aromatic carbocycles. The van der Waals surface area contributed by atoms with Crippen molar-refractivity contribution in [1.29, 1.82) is 0 Å². The number of carbonyl (C=O) groups is 1. The van der Waals surface area contributed by atoms with E-state index in [1.54, 1.807) is 6.07 Å². The topological polar surface area (TPSA) is 39.4 Å². The molecule has 0 spiro atoms. The van der Waals surface area contributed by atoms with Gasteiger partial charge in [0.25, 0.3) is 0 Å². The van der Waals surface area contributed by atoms with Crippen LogP contribution in [0.2, 0.25) is 0 Å². The fourth-order valence-corrected chi connectivity index (χ4v) is 1.01. The van der Waals surface area contributed by atoms with Gasteiger partial charge in [-0.2, -0.15) is 0 Å². The van der Waals surface area contributed by atoms with E-state index in [1.807, 2.05) is 0 Å². The van der Waals surface area contributed by atoms with E-state index in [4.69, 9.17) is 9.15 Å². The Labute approximate surface area is 77.7 Å². The predicted molar refractivity (Wildman–Crippen MR) is 48.5 cm³/mol. The molecular formula is C10H14O3. The summed E-state index contributed by atoms with van der Waals surface area (Å²) in [6.45, 7) is 2.10. The van der Waals surface area contributed by atoms with Crippen molar-refractivity contribution in [2.24, 2.45) is 0 Å². The number of hydrogen-bond donors (Lipinski definition) is 0. The standard InChI is InChI=1S/C10H14O3/c1-2-3-4-5-10(11)13-9-6-7-12-8-9/h6-8H,2-5H2,1H3. The monoisotopic (exact) mass is 182 g/mol. The lowest BCUT2D eigenvalue weighted by Gasteiger charge is -1.99. The first kappa shape index (κ1) is 9.84. The Morgan fingerprint density at radius 3 is 3.00 bits per heavy atom. The lowest BCUT2D eigenvalue weighted by molar-refractivity contribution is -0.134. The Hall–Kier alpha value is -1.25. The Kier molecular flexibility index (Phi) is 4.09. The fourth-order valence-electron chi connectivity index (χ4n) is 1.01. The molecule has 1 heterocycles. The molecule has 0 amide bonds. The summed E-state index contributed by atoms with van der Waals surface area (Å²) in [5.41, 5.74) is 0. The molecular weight excluding hydrogens is 168 g/mol. The van der Waals surface area contributed by atoms with Gasteiger partial charge >= 0.3 is 5.97 Å². The predicted octanol–water partition coefficient (Wildman–Crippen LogP) is 2.77. The van der Waals surface area contributed by atoms with Crippen molar-refractivity contribution in [3.8, 4) is 5.75 Å². The van der Waals surface area contributed by atoms with Gasteiger partial charge in [-0.15, -0.1) is 0 Å². The van der Waals surface area contributed by atoms with Crippen LogP contribution in [0.3, 0.4) is 0 Å². The van der Waals surface area contributed by atoms with E-state index in [0.717, 1.165) is 19.3 Å². The van der Waals surface area contributed by atoms with Gasteiger partial charge in [-0.1, -0.05) is 19.8 Å². The number of ether oxygens (including phenoxy) is 1. The lowest BCUT2D eigenvalue weighted by atomic mass is 10.2. The molecule has 0 fully saturated rings. The third kappa shape index (κ3) is 3.78. The van der Waals surface area contributed by atoms with Crippen LogP contribution >= 0.6 is 0 Å². The van der Waals surface area contributed by atoms with Crippen molar-refractivity contribution >= 4 is 5.97 Å². The van der Waals surface area contributed by atoms with Crippen LogP contribution in [0.4, 0.5) is 0 Å². The molecule has 0 atom stereocenters. The van der Waals surface area contributed by atoms with E-state index in [1.165, 1.54) is 12.5 Å². The van der Waals surface area contributed by atoms with E-state index in [0.29, 0.717) is 12.2 Å². The third-order valence-electron chi connectivity index (χ3n) is 1.71. The van der Waals surface area contributed by atoms with Gasteiger partial charge in [0.1, 0.15) is 6.26 Å². The minimum Gasteiger partial charge on any atom is -0.469 e. The van der Waals surface area contributed by atoms with Gasteiger partial charge in [0.15, 0.2) is 5.75 Å². The van der Waals surface area contributed by atoms with Gasteiger partial charge in [-0.05, 0) is 6.42 Å². The van der Waals surface area contributed by atoms with Gasteiger partial charge in [0, 0.05) is 12.5 Å². The third-order valence-corrected chi connectivity index (χ3v) is 1.71. The van der Waals surface area contributed by atoms with Crippen molar-refractivity contribution in [1.82, 2.24) is 0 Å². The maximum Gasteiger partial charge on any atom is 0.311 e. The number of furan rings is 1. The molecule has 1 aromatic rings. The van der Waals surface area contributed by atoms with Crippen molar-refractivity contribution in [2.75, 3.05) is 0 Å². The average Bonchev–Trinajstić information content (AvgIpc) is 2.57. The fraction of sp³-hybridized carbons (Fsp3) is 0.500. The number of carbonyl (C=O) groups excluding carboxylic acids is 1. The highest BCUT2D eigenvalue weighted by atomic mass is 16.5. The van der Waals surface area contributed by atoms with Crippen molar-refractivity contribution in [2.45, 2.75) is 32.6 Å². The zero-order chi connectivity index (χ0) is 9.52. The first-order chi connectivity index (χ1) is 6.33. The summed E-state index contributed by atoms with van der Waals surface area (Å²) in [4.78, 5) is 11.1. The molecule has 0 aliphatic heterocycles. The number of hydrogen-bond acceptors (Lipinski definition) is 3. The highest BCUT2D eigenvalue weighted by Crippen LogP contribution is 2.11. The van der Waals surface area contributed by atoms with Gasteiger partial charge in [-0.25, -0.2) is 0 Å². The maximum absolute atomic E-state index is 11.1. The van der Waals surface area contributed by atoms with Crippen LogP contribution in [0, 0.1) is 0 Å². The smallest absolute Gasteiger partial charge is 0.311 e. The highest BCUT2D eigenvalue weighted by molar-refractivity contribution is 5.72. The summed E-state index contributed by atoms with van der Waals surface area (Å²) in [7, 11) is 0. The van der Waals surface area contributed by atoms with Crippen LogP contribution in [-0.4, -0.2) is 5.97 Å². The summed E-state index contributed by atoms with van der Waals surface area (Å²) in [6.07, 6.45) is 6.46. The molecule has 0 aliphatic carbocycles. The number of unbranched alkanes of at least 4 members (excludes halogenated alkanes) is 2. The molecule has 3 nitrogen and oxygen atoms in total. The van der Waals surface area contributed by atoms with E-state index in [-0.39, 0.29) is 5.97 Å². The molecule has 0 saturated heterocycles. The minimum atomic E-state index is -0.185. The quantitative estimate of drug-likeness (QED) is 0.519. The average molecular weight is 182 g/mol. The lowest BCUT2D eigenvalue weighted by Crippen LogP contribution is -2.06. The van der Waals surface area contributed by atoms with Crippen molar-refractivity contribution in [3.63, 3.8) is 0 Å². The van der Waals surface area contributed by atoms with Gasteiger partial charge in [0.2, 0.25) is 0 Å². The van der Waals surface area contributed by atoms with Crippen LogP contribution in [0.25, 0.3) is 0 Å². The largest absolute Gasteiger partial charge is 0.469 e. The summed E-state index contributed by atoms with van der Waals surface area (Å²) >= 11 is 0. The summed E-state index contributed by atoms with van der Waals surface area (Å²) in [5, 5.41) is 0. The molecule has 1 rings (SSSR count). The highest BCUT2D eigenvalue weighted by Gasteiger charge is 2.04. The van der Waals surface area contributed by atoms with Crippen LogP contribution in [0.15, 0.2) is 23.0 Å². The molecule has 0 saturated carbocycles. The van der Waals surface area contributed by atoms with Crippen molar-refractivity contribution in [3.05, 3.63) is 18.6 Å². The summed E-state index contributed by atoms with van der Waals surface area (Å²) in [6, 6.07) is 1.62. The second kappa shape index (κ2) is 5.41. The number of esters is 1. The molecule has 13 heavy (non-hydrogen) atoms. The van der Waals surface area contributed by atoms with E-state index >= 15 is 0 Å². The zero-order valence-electron chi connectivity index (χ0n) is 7.79. The number of rotatable bonds is 5. The van der Waals surface area contributed by atoms with E-state index < -0.39 is 0 Å². The van der Waals surface area contributed by atoms with E-state index in [9.17, 15) is 4.79 Å². The van der Waals surface area contributed by atoms with Crippen molar-refractivity contribution < 1.29 is 13.9 Å². The molecule has 0 N–H and O–H groups in total. The summed E-state index contributed by atoms with van der Waals surface area (Å²) in [5.74, 6) is 0.302. The normalized spacial score (nSPS) is 9.92. The van der Waals surface area contributed by atoms with Gasteiger partial charge in [-0.3, -0.25) is 4.79 Å². The first-order valence-corrected chi connectivity index (χ1v) is 4.56. The summed E-state index contributed by atoms with van der Waals surface area (Å²) < 4.78 is 9.73. The molecule has 72 valence electrons. The molecule has 0 unspecified atom stereocenters. The van der Waals surface area contributed by atoms with Crippen LogP contribution in [0.1, 0.15) is 32.6 Å². The molecule has 0 aliphatic rings. The Bertz CT molecular complexity index is 239. The first-order valence-electron chi connectivity index (χ1n) is 4.56.